The van der Waals surface area contributed by atoms with E-state index in [4.69, 9.17) is 11.6 Å². The van der Waals surface area contributed by atoms with Crippen molar-refractivity contribution in [1.29, 1.82) is 0 Å². The molecule has 5 nitrogen and oxygen atoms in total. The molecule has 0 saturated heterocycles. The number of aryl methyl sites for hydroxylation is 2. The molecule has 1 atom stereocenters. The predicted octanol–water partition coefficient (Wildman–Crippen LogP) is 5.29. The molecule has 138 valence electrons. The molecule has 3 N–H and O–H groups in total. The van der Waals surface area contributed by atoms with E-state index in [1.165, 1.54) is 11.1 Å². The highest BCUT2D eigenvalue weighted by molar-refractivity contribution is 6.31. The largest absolute Gasteiger partial charge is 0.348 e. The number of carbonyl (C=O) groups is 1. The van der Waals surface area contributed by atoms with Gasteiger partial charge in [-0.05, 0) is 67.1 Å². The molecule has 4 rings (SSSR count). The smallest absolute Gasteiger partial charge is 0.323 e. The third-order valence-electron chi connectivity index (χ3n) is 5.03. The molecule has 1 aliphatic carbocycles. The molecule has 2 aromatic carbocycles. The number of anilines is 2. The lowest BCUT2D eigenvalue weighted by Crippen LogP contribution is -2.20. The number of carbonyl (C=O) groups excluding carboxylic acids is 1. The fourth-order valence-corrected chi connectivity index (χ4v) is 3.71. The Hall–Kier alpha value is -2.79. The standard InChI is InChI=1S/C21H21ClN4O/c1-13-2-6-18(12-19(13)22)26-21(27)25-17-7-5-14-3-4-15(10-16(14)11-17)20-23-8-9-24-20/h2,5-9,11-12,15H,3-4,10H2,1H3,(H,23,24)(H2,25,26,27). The van der Waals surface area contributed by atoms with Crippen LogP contribution in [0.15, 0.2) is 48.8 Å². The van der Waals surface area contributed by atoms with E-state index in [2.05, 4.69) is 32.7 Å². The number of imidazole rings is 1. The van der Waals surface area contributed by atoms with Crippen LogP contribution in [0.4, 0.5) is 16.2 Å². The number of nitrogens with zero attached hydrogens (tertiary/aromatic N) is 1. The number of nitrogens with one attached hydrogen (secondary N) is 3. The molecular weight excluding hydrogens is 360 g/mol. The van der Waals surface area contributed by atoms with Crippen molar-refractivity contribution in [3.63, 3.8) is 0 Å². The van der Waals surface area contributed by atoms with Crippen LogP contribution >= 0.6 is 11.6 Å². The quantitative estimate of drug-likeness (QED) is 0.578. The third kappa shape index (κ3) is 3.98. The predicted molar refractivity (Wildman–Crippen MR) is 109 cm³/mol. The maximum atomic E-state index is 12.3. The number of amides is 2. The van der Waals surface area contributed by atoms with Crippen molar-refractivity contribution in [2.24, 2.45) is 0 Å². The van der Waals surface area contributed by atoms with Crippen LogP contribution < -0.4 is 10.6 Å². The molecule has 3 aromatic rings. The summed E-state index contributed by atoms with van der Waals surface area (Å²) in [5.74, 6) is 1.43. The zero-order chi connectivity index (χ0) is 18.8. The summed E-state index contributed by atoms with van der Waals surface area (Å²) in [7, 11) is 0. The zero-order valence-electron chi connectivity index (χ0n) is 15.1. The van der Waals surface area contributed by atoms with E-state index in [1.54, 1.807) is 12.3 Å². The average Bonchev–Trinajstić information content (AvgIpc) is 3.19. The maximum Gasteiger partial charge on any atom is 0.323 e. The monoisotopic (exact) mass is 380 g/mol. The SMILES string of the molecule is Cc1ccc(NC(=O)Nc2ccc3c(c2)CC(c2ncc[nH]2)CC3)cc1Cl. The van der Waals surface area contributed by atoms with E-state index < -0.39 is 0 Å². The molecule has 0 saturated carbocycles. The molecule has 0 aliphatic heterocycles. The number of aromatic amines is 1. The van der Waals surface area contributed by atoms with Gasteiger partial charge in [0, 0.05) is 34.7 Å². The molecule has 0 bridgehead atoms. The van der Waals surface area contributed by atoms with Gasteiger partial charge in [-0.2, -0.15) is 0 Å². The van der Waals surface area contributed by atoms with Crippen LogP contribution in [-0.4, -0.2) is 16.0 Å². The third-order valence-corrected chi connectivity index (χ3v) is 5.44. The van der Waals surface area contributed by atoms with Gasteiger partial charge < -0.3 is 15.6 Å². The first kappa shape index (κ1) is 17.6. The number of aromatic nitrogens is 2. The van der Waals surface area contributed by atoms with Gasteiger partial charge in [0.15, 0.2) is 0 Å². The highest BCUT2D eigenvalue weighted by atomic mass is 35.5. The van der Waals surface area contributed by atoms with Crippen LogP contribution in [0.3, 0.4) is 0 Å². The van der Waals surface area contributed by atoms with Crippen LogP contribution in [0, 0.1) is 6.92 Å². The lowest BCUT2D eigenvalue weighted by atomic mass is 9.83. The summed E-state index contributed by atoms with van der Waals surface area (Å²) in [6, 6.07) is 11.3. The zero-order valence-corrected chi connectivity index (χ0v) is 15.8. The number of H-pyrrole nitrogens is 1. The van der Waals surface area contributed by atoms with Gasteiger partial charge in [0.2, 0.25) is 0 Å². The molecule has 1 heterocycles. The first-order valence-corrected chi connectivity index (χ1v) is 9.41. The Morgan fingerprint density at radius 1 is 1.15 bits per heavy atom. The van der Waals surface area contributed by atoms with E-state index >= 15 is 0 Å². The second-order valence-corrected chi connectivity index (χ2v) is 7.35. The number of rotatable bonds is 3. The van der Waals surface area contributed by atoms with Crippen LogP contribution in [0.2, 0.25) is 5.02 Å². The fourth-order valence-electron chi connectivity index (χ4n) is 3.53. The van der Waals surface area contributed by atoms with Crippen molar-refractivity contribution in [2.75, 3.05) is 10.6 Å². The molecule has 0 radical (unpaired) electrons. The van der Waals surface area contributed by atoms with E-state index in [0.29, 0.717) is 16.6 Å². The summed E-state index contributed by atoms with van der Waals surface area (Å²) < 4.78 is 0. The number of halogens is 1. The van der Waals surface area contributed by atoms with Crippen LogP contribution in [0.25, 0.3) is 0 Å². The first-order chi connectivity index (χ1) is 13.1. The van der Waals surface area contributed by atoms with Crippen molar-refractivity contribution in [3.8, 4) is 0 Å². The Bertz CT molecular complexity index is 968. The Balaban J connectivity index is 1.45. The van der Waals surface area contributed by atoms with Gasteiger partial charge >= 0.3 is 6.03 Å². The maximum absolute atomic E-state index is 12.3. The van der Waals surface area contributed by atoms with Crippen LogP contribution in [0.5, 0.6) is 0 Å². The van der Waals surface area contributed by atoms with Crippen LogP contribution in [0.1, 0.15) is 34.9 Å². The topological polar surface area (TPSA) is 69.8 Å². The minimum atomic E-state index is -0.284. The summed E-state index contributed by atoms with van der Waals surface area (Å²) in [5.41, 5.74) is 5.03. The van der Waals surface area contributed by atoms with Gasteiger partial charge in [0.1, 0.15) is 5.82 Å². The van der Waals surface area contributed by atoms with Gasteiger partial charge in [-0.15, -0.1) is 0 Å². The fraction of sp³-hybridized carbons (Fsp3) is 0.238. The molecule has 1 aromatic heterocycles. The first-order valence-electron chi connectivity index (χ1n) is 9.04. The van der Waals surface area contributed by atoms with E-state index in [1.807, 2.05) is 31.3 Å². The molecular formula is C21H21ClN4O. The Morgan fingerprint density at radius 3 is 2.67 bits per heavy atom. The van der Waals surface area contributed by atoms with E-state index in [9.17, 15) is 4.79 Å². The Kier molecular flexibility index (Phi) is 4.86. The normalized spacial score (nSPS) is 15.9. The number of fused-ring (bicyclic) bond motifs is 1. The summed E-state index contributed by atoms with van der Waals surface area (Å²) >= 11 is 6.11. The lowest BCUT2D eigenvalue weighted by Gasteiger charge is -2.24. The minimum Gasteiger partial charge on any atom is -0.348 e. The molecule has 0 spiro atoms. The molecule has 1 aliphatic rings. The molecule has 0 fully saturated rings. The number of urea groups is 1. The van der Waals surface area contributed by atoms with E-state index in [0.717, 1.165) is 36.3 Å². The summed E-state index contributed by atoms with van der Waals surface area (Å²) in [6.45, 7) is 1.93. The second-order valence-electron chi connectivity index (χ2n) is 6.94. The van der Waals surface area contributed by atoms with Crippen molar-refractivity contribution in [2.45, 2.75) is 32.1 Å². The van der Waals surface area contributed by atoms with Gasteiger partial charge in [-0.25, -0.2) is 9.78 Å². The second kappa shape index (κ2) is 7.45. The molecule has 6 heteroatoms. The highest BCUT2D eigenvalue weighted by Crippen LogP contribution is 2.32. The van der Waals surface area contributed by atoms with Gasteiger partial charge in [0.25, 0.3) is 0 Å². The molecule has 27 heavy (non-hydrogen) atoms. The number of benzene rings is 2. The molecule has 2 amide bonds. The van der Waals surface area contributed by atoms with Gasteiger partial charge in [-0.3, -0.25) is 0 Å². The van der Waals surface area contributed by atoms with Crippen molar-refractivity contribution in [1.82, 2.24) is 9.97 Å². The van der Waals surface area contributed by atoms with Gasteiger partial charge in [0.05, 0.1) is 0 Å². The highest BCUT2D eigenvalue weighted by Gasteiger charge is 2.22. The minimum absolute atomic E-state index is 0.284. The van der Waals surface area contributed by atoms with Crippen molar-refractivity contribution < 1.29 is 4.79 Å². The van der Waals surface area contributed by atoms with Crippen molar-refractivity contribution in [3.05, 3.63) is 76.3 Å². The van der Waals surface area contributed by atoms with Gasteiger partial charge in [-0.1, -0.05) is 23.7 Å². The average molecular weight is 381 g/mol. The number of hydrogen-bond donors (Lipinski definition) is 3. The lowest BCUT2D eigenvalue weighted by molar-refractivity contribution is 0.262. The van der Waals surface area contributed by atoms with Crippen molar-refractivity contribution >= 4 is 29.0 Å². The van der Waals surface area contributed by atoms with Crippen LogP contribution in [-0.2, 0) is 12.8 Å². The molecule has 1 unspecified atom stereocenters. The summed E-state index contributed by atoms with van der Waals surface area (Å²) in [5, 5.41) is 6.36. The number of hydrogen-bond acceptors (Lipinski definition) is 2. The Labute approximate surface area is 163 Å². The summed E-state index contributed by atoms with van der Waals surface area (Å²) in [4.78, 5) is 19.9. The Morgan fingerprint density at radius 2 is 1.93 bits per heavy atom. The van der Waals surface area contributed by atoms with E-state index in [-0.39, 0.29) is 6.03 Å². The summed E-state index contributed by atoms with van der Waals surface area (Å²) in [6.07, 6.45) is 6.69.